The van der Waals surface area contributed by atoms with Crippen LogP contribution in [0.2, 0.25) is 10.0 Å². The van der Waals surface area contributed by atoms with Gasteiger partial charge < -0.3 is 10.2 Å². The van der Waals surface area contributed by atoms with E-state index in [1.165, 1.54) is 17.0 Å². The van der Waals surface area contributed by atoms with Crippen LogP contribution in [-0.2, 0) is 32.6 Å². The van der Waals surface area contributed by atoms with Gasteiger partial charge in [-0.25, -0.2) is 8.42 Å². The Labute approximate surface area is 283 Å². The Morgan fingerprint density at radius 2 is 1.40 bits per heavy atom. The Bertz CT molecular complexity index is 1690. The predicted molar refractivity (Wildman–Crippen MR) is 184 cm³/mol. The van der Waals surface area contributed by atoms with E-state index in [1.807, 2.05) is 44.2 Å². The third-order valence-corrected chi connectivity index (χ3v) is 10.1. The van der Waals surface area contributed by atoms with Crippen LogP contribution in [0.5, 0.6) is 0 Å². The topological polar surface area (TPSA) is 86.8 Å². The van der Waals surface area contributed by atoms with Crippen LogP contribution in [0.3, 0.4) is 0 Å². The molecule has 0 bridgehead atoms. The maximum atomic E-state index is 14.5. The van der Waals surface area contributed by atoms with Gasteiger partial charge in [-0.1, -0.05) is 108 Å². The van der Waals surface area contributed by atoms with E-state index in [4.69, 9.17) is 23.2 Å². The first-order chi connectivity index (χ1) is 21.5. The molecule has 0 fully saturated rings. The smallest absolute Gasteiger partial charge is 0.264 e. The fourth-order valence-electron chi connectivity index (χ4n) is 4.69. The van der Waals surface area contributed by atoms with Crippen LogP contribution in [-0.4, -0.2) is 44.3 Å². The van der Waals surface area contributed by atoms with E-state index < -0.39 is 28.5 Å². The lowest BCUT2D eigenvalue weighted by Gasteiger charge is -2.34. The van der Waals surface area contributed by atoms with E-state index in [-0.39, 0.29) is 35.4 Å². The van der Waals surface area contributed by atoms with Crippen LogP contribution in [0, 0.1) is 5.92 Å². The Hall–Kier alpha value is -3.37. The van der Waals surface area contributed by atoms with Gasteiger partial charge in [0.2, 0.25) is 11.8 Å². The molecule has 0 aliphatic rings. The van der Waals surface area contributed by atoms with Gasteiger partial charge in [-0.2, -0.15) is 0 Å². The van der Waals surface area contributed by atoms with Crippen LogP contribution in [0.25, 0.3) is 0 Å². The molecule has 0 aliphatic heterocycles. The number of hydrogen-bond acceptors (Lipinski definition) is 4. The molecular weight excluding hydrogens is 697 g/mol. The molecule has 0 aliphatic carbocycles. The highest BCUT2D eigenvalue weighted by Gasteiger charge is 2.35. The van der Waals surface area contributed by atoms with Crippen molar-refractivity contribution in [2.24, 2.45) is 5.92 Å². The lowest BCUT2D eigenvalue weighted by molar-refractivity contribution is -0.140. The van der Waals surface area contributed by atoms with Crippen LogP contribution in [0.1, 0.15) is 25.0 Å². The van der Waals surface area contributed by atoms with Gasteiger partial charge in [-0.05, 0) is 60.0 Å². The fraction of sp³-hybridized carbons (Fsp3) is 0.235. The fourth-order valence-corrected chi connectivity index (χ4v) is 6.90. The lowest BCUT2D eigenvalue weighted by Crippen LogP contribution is -2.53. The summed E-state index contributed by atoms with van der Waals surface area (Å²) < 4.78 is 29.9. The molecule has 4 aromatic rings. The summed E-state index contributed by atoms with van der Waals surface area (Å²) in [5.74, 6) is -0.809. The molecule has 2 amide bonds. The van der Waals surface area contributed by atoms with Crippen LogP contribution < -0.4 is 9.62 Å². The van der Waals surface area contributed by atoms with Gasteiger partial charge >= 0.3 is 0 Å². The molecule has 0 saturated carbocycles. The molecule has 1 atom stereocenters. The van der Waals surface area contributed by atoms with Crippen LogP contribution in [0.4, 0.5) is 5.69 Å². The SMILES string of the molecule is CC(C)CNC(=O)[C@@H](Cc1ccccc1)N(Cc1c(Cl)cccc1Cl)C(=O)CN(c1ccc(Br)cc1)S(=O)(=O)c1ccccc1. The van der Waals surface area contributed by atoms with Gasteiger partial charge in [0.1, 0.15) is 12.6 Å². The average molecular weight is 732 g/mol. The third kappa shape index (κ3) is 9.10. The second kappa shape index (κ2) is 15.8. The quantitative estimate of drug-likeness (QED) is 0.156. The highest BCUT2D eigenvalue weighted by Crippen LogP contribution is 2.29. The number of amides is 2. The molecule has 4 aromatic carbocycles. The van der Waals surface area contributed by atoms with Gasteiger partial charge in [-0.3, -0.25) is 13.9 Å². The number of rotatable bonds is 13. The largest absolute Gasteiger partial charge is 0.354 e. The molecule has 0 aromatic heterocycles. The number of hydrogen-bond donors (Lipinski definition) is 1. The Morgan fingerprint density at radius 3 is 1.98 bits per heavy atom. The van der Waals surface area contributed by atoms with Crippen LogP contribution in [0.15, 0.2) is 112 Å². The summed E-state index contributed by atoms with van der Waals surface area (Å²) in [5, 5.41) is 3.61. The minimum atomic E-state index is -4.19. The molecule has 7 nitrogen and oxygen atoms in total. The highest BCUT2D eigenvalue weighted by atomic mass is 79.9. The van der Waals surface area contributed by atoms with E-state index in [1.54, 1.807) is 60.7 Å². The van der Waals surface area contributed by atoms with E-state index in [0.717, 1.165) is 14.3 Å². The first-order valence-electron chi connectivity index (χ1n) is 14.3. The lowest BCUT2D eigenvalue weighted by atomic mass is 10.0. The summed E-state index contributed by atoms with van der Waals surface area (Å²) in [4.78, 5) is 29.8. The van der Waals surface area contributed by atoms with Gasteiger partial charge in [0.15, 0.2) is 0 Å². The number of nitrogens with zero attached hydrogens (tertiary/aromatic N) is 2. The molecule has 0 radical (unpaired) electrons. The highest BCUT2D eigenvalue weighted by molar-refractivity contribution is 9.10. The van der Waals surface area contributed by atoms with E-state index >= 15 is 0 Å². The second-order valence-electron chi connectivity index (χ2n) is 10.9. The number of anilines is 1. The second-order valence-corrected chi connectivity index (χ2v) is 14.5. The molecule has 11 heteroatoms. The average Bonchev–Trinajstić information content (AvgIpc) is 3.03. The maximum Gasteiger partial charge on any atom is 0.264 e. The van der Waals surface area contributed by atoms with Gasteiger partial charge in [0.05, 0.1) is 10.6 Å². The van der Waals surface area contributed by atoms with E-state index in [2.05, 4.69) is 21.2 Å². The first-order valence-corrected chi connectivity index (χ1v) is 17.3. The first kappa shape index (κ1) is 34.5. The van der Waals surface area contributed by atoms with Crippen molar-refractivity contribution < 1.29 is 18.0 Å². The standard InChI is InChI=1S/C34H34BrCl2N3O4S/c1-24(2)21-38-34(42)32(20-25-10-5-3-6-11-25)39(22-29-30(36)14-9-15-31(29)37)33(41)23-40(27-18-16-26(35)17-19-27)45(43,44)28-12-7-4-8-13-28/h3-19,24,32H,20-23H2,1-2H3,(H,38,42)/t32-/m1/s1. The number of carbonyl (C=O) groups excluding carboxylic acids is 2. The number of sulfonamides is 1. The Kier molecular flexibility index (Phi) is 12.1. The van der Waals surface area contributed by atoms with Crippen molar-refractivity contribution in [2.75, 3.05) is 17.4 Å². The minimum Gasteiger partial charge on any atom is -0.354 e. The third-order valence-electron chi connectivity index (χ3n) is 7.07. The number of nitrogens with one attached hydrogen (secondary N) is 1. The number of benzene rings is 4. The zero-order valence-electron chi connectivity index (χ0n) is 24.9. The molecule has 0 unspecified atom stereocenters. The molecule has 236 valence electrons. The molecule has 4 rings (SSSR count). The molecular formula is C34H34BrCl2N3O4S. The van der Waals surface area contributed by atoms with Crippen molar-refractivity contribution in [2.45, 2.75) is 37.8 Å². The summed E-state index contributed by atoms with van der Waals surface area (Å²) in [6.45, 7) is 3.65. The van der Waals surface area contributed by atoms with Gasteiger partial charge in [0.25, 0.3) is 10.0 Å². The molecule has 0 spiro atoms. The van der Waals surface area contributed by atoms with Crippen molar-refractivity contribution in [1.29, 1.82) is 0 Å². The minimum absolute atomic E-state index is 0.0249. The van der Waals surface area contributed by atoms with Gasteiger partial charge in [0, 0.05) is 39.6 Å². The molecule has 1 N–H and O–H groups in total. The number of carbonyl (C=O) groups is 2. The Morgan fingerprint density at radius 1 is 0.822 bits per heavy atom. The normalized spacial score (nSPS) is 12.0. The maximum absolute atomic E-state index is 14.5. The summed E-state index contributed by atoms with van der Waals surface area (Å²) in [5.41, 5.74) is 1.56. The molecule has 0 heterocycles. The zero-order chi connectivity index (χ0) is 32.6. The zero-order valence-corrected chi connectivity index (χ0v) is 28.8. The Balaban J connectivity index is 1.82. The van der Waals surface area contributed by atoms with Crippen molar-refractivity contribution in [3.05, 3.63) is 129 Å². The number of halogens is 3. The van der Waals surface area contributed by atoms with Crippen molar-refractivity contribution in [1.82, 2.24) is 10.2 Å². The van der Waals surface area contributed by atoms with E-state index in [9.17, 15) is 18.0 Å². The van der Waals surface area contributed by atoms with Crippen molar-refractivity contribution in [3.8, 4) is 0 Å². The summed E-state index contributed by atoms with van der Waals surface area (Å²) in [6, 6.07) is 27.9. The van der Waals surface area contributed by atoms with Crippen molar-refractivity contribution in [3.63, 3.8) is 0 Å². The summed E-state index contributed by atoms with van der Waals surface area (Å²) in [6.07, 6.45) is 0.183. The molecule has 0 saturated heterocycles. The van der Waals surface area contributed by atoms with Crippen LogP contribution >= 0.6 is 39.1 Å². The monoisotopic (exact) mass is 729 g/mol. The molecule has 45 heavy (non-hydrogen) atoms. The predicted octanol–water partition coefficient (Wildman–Crippen LogP) is 7.36. The summed E-state index contributed by atoms with van der Waals surface area (Å²) in [7, 11) is -4.19. The van der Waals surface area contributed by atoms with E-state index in [0.29, 0.717) is 22.2 Å². The summed E-state index contributed by atoms with van der Waals surface area (Å²) >= 11 is 16.5. The van der Waals surface area contributed by atoms with Crippen molar-refractivity contribution >= 4 is 66.7 Å². The van der Waals surface area contributed by atoms with Gasteiger partial charge in [-0.15, -0.1) is 0 Å².